The third kappa shape index (κ3) is 5.81. The molecule has 0 radical (unpaired) electrons. The Hall–Kier alpha value is -0.170. The number of ether oxygens (including phenoxy) is 1. The van der Waals surface area contributed by atoms with E-state index in [9.17, 15) is 8.42 Å². The van der Waals surface area contributed by atoms with Gasteiger partial charge in [0.15, 0.2) is 0 Å². The summed E-state index contributed by atoms with van der Waals surface area (Å²) in [5.41, 5.74) is 0. The Morgan fingerprint density at radius 2 is 2.24 bits per heavy atom. The first-order chi connectivity index (χ1) is 8.05. The molecule has 0 aromatic heterocycles. The number of rotatable bonds is 7. The minimum absolute atomic E-state index is 0.0436. The first kappa shape index (κ1) is 14.9. The second-order valence-electron chi connectivity index (χ2n) is 4.54. The molecule has 1 aliphatic heterocycles. The van der Waals surface area contributed by atoms with Crippen LogP contribution in [0.1, 0.15) is 26.7 Å². The van der Waals surface area contributed by atoms with Crippen molar-refractivity contribution in [1.29, 1.82) is 0 Å². The first-order valence-electron chi connectivity index (χ1n) is 6.33. The van der Waals surface area contributed by atoms with Crippen LogP contribution in [0.2, 0.25) is 0 Å². The van der Waals surface area contributed by atoms with Gasteiger partial charge in [-0.2, -0.15) is 0 Å². The molecule has 0 aromatic rings. The molecule has 1 aliphatic rings. The van der Waals surface area contributed by atoms with E-state index in [0.29, 0.717) is 19.1 Å². The SMILES string of the molecule is CCOCCS(=O)(=O)NCC1NCCCC1C. The van der Waals surface area contributed by atoms with E-state index in [0.717, 1.165) is 6.54 Å². The second kappa shape index (κ2) is 7.31. The first-order valence-corrected chi connectivity index (χ1v) is 7.99. The van der Waals surface area contributed by atoms with Crippen molar-refractivity contribution in [2.24, 2.45) is 5.92 Å². The highest BCUT2D eigenvalue weighted by Crippen LogP contribution is 2.14. The monoisotopic (exact) mass is 264 g/mol. The Morgan fingerprint density at radius 3 is 2.88 bits per heavy atom. The minimum atomic E-state index is -3.19. The van der Waals surface area contributed by atoms with Gasteiger partial charge in [-0.1, -0.05) is 6.92 Å². The van der Waals surface area contributed by atoms with E-state index in [-0.39, 0.29) is 18.4 Å². The van der Waals surface area contributed by atoms with Crippen molar-refractivity contribution >= 4 is 10.0 Å². The van der Waals surface area contributed by atoms with Gasteiger partial charge in [-0.15, -0.1) is 0 Å². The smallest absolute Gasteiger partial charge is 0.213 e. The Bertz CT molecular complexity index is 306. The molecule has 6 heteroatoms. The fraction of sp³-hybridized carbons (Fsp3) is 1.00. The quantitative estimate of drug-likeness (QED) is 0.650. The van der Waals surface area contributed by atoms with Gasteiger partial charge in [0.05, 0.1) is 12.4 Å². The molecule has 0 bridgehead atoms. The number of hydrogen-bond acceptors (Lipinski definition) is 4. The number of nitrogens with one attached hydrogen (secondary N) is 2. The Morgan fingerprint density at radius 1 is 1.47 bits per heavy atom. The van der Waals surface area contributed by atoms with Crippen LogP contribution in [0, 0.1) is 5.92 Å². The molecule has 17 heavy (non-hydrogen) atoms. The average Bonchev–Trinajstić information content (AvgIpc) is 2.28. The molecule has 1 fully saturated rings. The highest BCUT2D eigenvalue weighted by molar-refractivity contribution is 7.89. The molecule has 2 N–H and O–H groups in total. The third-order valence-electron chi connectivity index (χ3n) is 3.15. The largest absolute Gasteiger partial charge is 0.381 e. The highest BCUT2D eigenvalue weighted by Gasteiger charge is 2.22. The lowest BCUT2D eigenvalue weighted by atomic mass is 9.93. The molecule has 0 aromatic carbocycles. The van der Waals surface area contributed by atoms with Crippen molar-refractivity contribution in [1.82, 2.24) is 10.0 Å². The summed E-state index contributed by atoms with van der Waals surface area (Å²) in [5, 5.41) is 3.35. The van der Waals surface area contributed by atoms with Crippen LogP contribution >= 0.6 is 0 Å². The maximum atomic E-state index is 11.6. The van der Waals surface area contributed by atoms with Crippen LogP contribution in [0.15, 0.2) is 0 Å². The normalized spacial score (nSPS) is 26.0. The van der Waals surface area contributed by atoms with E-state index in [1.807, 2.05) is 6.92 Å². The number of hydrogen-bond donors (Lipinski definition) is 2. The van der Waals surface area contributed by atoms with E-state index in [2.05, 4.69) is 17.0 Å². The van der Waals surface area contributed by atoms with E-state index in [1.165, 1.54) is 12.8 Å². The van der Waals surface area contributed by atoms with Crippen LogP contribution in [-0.2, 0) is 14.8 Å². The lowest BCUT2D eigenvalue weighted by Crippen LogP contribution is -2.48. The number of sulfonamides is 1. The molecule has 5 nitrogen and oxygen atoms in total. The lowest BCUT2D eigenvalue weighted by Gasteiger charge is -2.30. The van der Waals surface area contributed by atoms with Gasteiger partial charge in [0.25, 0.3) is 0 Å². The summed E-state index contributed by atoms with van der Waals surface area (Å²) in [6.07, 6.45) is 2.34. The minimum Gasteiger partial charge on any atom is -0.381 e. The summed E-state index contributed by atoms with van der Waals surface area (Å²) in [6.45, 7) is 6.29. The molecular formula is C11H24N2O3S. The van der Waals surface area contributed by atoms with Crippen LogP contribution in [0.5, 0.6) is 0 Å². The Kier molecular flexibility index (Phi) is 6.40. The summed E-state index contributed by atoms with van der Waals surface area (Å²) < 4.78 is 31.0. The molecule has 0 aliphatic carbocycles. The predicted octanol–water partition coefficient (Wildman–Crippen LogP) is 0.330. The highest BCUT2D eigenvalue weighted by atomic mass is 32.2. The molecule has 1 heterocycles. The summed E-state index contributed by atoms with van der Waals surface area (Å²) >= 11 is 0. The molecular weight excluding hydrogens is 240 g/mol. The molecule has 1 saturated heterocycles. The van der Waals surface area contributed by atoms with Crippen molar-refractivity contribution in [3.63, 3.8) is 0 Å². The van der Waals surface area contributed by atoms with E-state index < -0.39 is 10.0 Å². The van der Waals surface area contributed by atoms with Gasteiger partial charge in [-0.05, 0) is 32.2 Å². The van der Waals surface area contributed by atoms with Crippen LogP contribution in [0.4, 0.5) is 0 Å². The topological polar surface area (TPSA) is 67.4 Å². The van der Waals surface area contributed by atoms with Crippen LogP contribution in [0.3, 0.4) is 0 Å². The van der Waals surface area contributed by atoms with E-state index in [1.54, 1.807) is 0 Å². The van der Waals surface area contributed by atoms with Crippen molar-refractivity contribution in [2.75, 3.05) is 32.1 Å². The van der Waals surface area contributed by atoms with Crippen LogP contribution in [0.25, 0.3) is 0 Å². The van der Waals surface area contributed by atoms with Crippen molar-refractivity contribution in [3.05, 3.63) is 0 Å². The summed E-state index contributed by atoms with van der Waals surface area (Å²) in [6, 6.07) is 0.255. The third-order valence-corrected chi connectivity index (χ3v) is 4.46. The fourth-order valence-electron chi connectivity index (χ4n) is 1.99. The standard InChI is InChI=1S/C11H24N2O3S/c1-3-16-7-8-17(14,15)13-9-11-10(2)5-4-6-12-11/h10-13H,3-9H2,1-2H3. The summed E-state index contributed by atoms with van der Waals surface area (Å²) in [5.74, 6) is 0.570. The zero-order valence-corrected chi connectivity index (χ0v) is 11.6. The Labute approximate surface area is 104 Å². The van der Waals surface area contributed by atoms with Gasteiger partial charge in [0, 0.05) is 19.2 Å². The van der Waals surface area contributed by atoms with Crippen molar-refractivity contribution in [2.45, 2.75) is 32.7 Å². The maximum Gasteiger partial charge on any atom is 0.213 e. The molecule has 0 saturated carbocycles. The number of piperidine rings is 1. The Balaban J connectivity index is 2.28. The van der Waals surface area contributed by atoms with Gasteiger partial charge in [0.1, 0.15) is 0 Å². The second-order valence-corrected chi connectivity index (χ2v) is 6.47. The zero-order valence-electron chi connectivity index (χ0n) is 10.7. The molecule has 102 valence electrons. The summed E-state index contributed by atoms with van der Waals surface area (Å²) in [4.78, 5) is 0. The maximum absolute atomic E-state index is 11.6. The van der Waals surface area contributed by atoms with Crippen molar-refractivity contribution in [3.8, 4) is 0 Å². The van der Waals surface area contributed by atoms with Gasteiger partial charge in [-0.25, -0.2) is 13.1 Å². The van der Waals surface area contributed by atoms with Gasteiger partial charge in [-0.3, -0.25) is 0 Å². The fourth-order valence-corrected chi connectivity index (χ4v) is 2.90. The van der Waals surface area contributed by atoms with Crippen LogP contribution in [-0.4, -0.2) is 46.5 Å². The lowest BCUT2D eigenvalue weighted by molar-refractivity contribution is 0.163. The van der Waals surface area contributed by atoms with Gasteiger partial charge >= 0.3 is 0 Å². The summed E-state index contributed by atoms with van der Waals surface area (Å²) in [7, 11) is -3.19. The van der Waals surface area contributed by atoms with Gasteiger partial charge < -0.3 is 10.1 Å². The average molecular weight is 264 g/mol. The molecule has 2 atom stereocenters. The van der Waals surface area contributed by atoms with E-state index in [4.69, 9.17) is 4.74 Å². The van der Waals surface area contributed by atoms with Crippen LogP contribution < -0.4 is 10.0 Å². The molecule has 0 spiro atoms. The predicted molar refractivity (Wildman–Crippen MR) is 68.5 cm³/mol. The molecule has 0 amide bonds. The van der Waals surface area contributed by atoms with E-state index >= 15 is 0 Å². The molecule has 1 rings (SSSR count). The van der Waals surface area contributed by atoms with Crippen molar-refractivity contribution < 1.29 is 13.2 Å². The van der Waals surface area contributed by atoms with Gasteiger partial charge in [0.2, 0.25) is 10.0 Å². The molecule has 2 unspecified atom stereocenters. The zero-order chi connectivity index (χ0) is 12.7.